The molecule has 8 heteroatoms. The highest BCUT2D eigenvalue weighted by molar-refractivity contribution is 6.11. The Morgan fingerprint density at radius 2 is 1.85 bits per heavy atom. The average molecular weight is 376 g/mol. The first-order valence-corrected chi connectivity index (χ1v) is 7.93. The highest BCUT2D eigenvalue weighted by Crippen LogP contribution is 2.28. The van der Waals surface area contributed by atoms with E-state index in [9.17, 15) is 22.8 Å². The summed E-state index contributed by atoms with van der Waals surface area (Å²) < 4.78 is 44.9. The molecule has 1 heterocycles. The molecule has 1 N–H and O–H groups in total. The van der Waals surface area contributed by atoms with E-state index in [4.69, 9.17) is 4.74 Å². The number of carbonyl (C=O) groups excluding carboxylic acids is 2. The maximum atomic E-state index is 12.8. The molecule has 0 aliphatic heterocycles. The minimum absolute atomic E-state index is 0.147. The summed E-state index contributed by atoms with van der Waals surface area (Å²) in [6.07, 6.45) is -3.93. The summed E-state index contributed by atoms with van der Waals surface area (Å²) in [4.78, 5) is 24.0. The minimum Gasteiger partial charge on any atom is -0.497 e. The highest BCUT2D eigenvalue weighted by atomic mass is 19.4. The first-order chi connectivity index (χ1) is 12.8. The van der Waals surface area contributed by atoms with Gasteiger partial charge in [-0.3, -0.25) is 9.59 Å². The van der Waals surface area contributed by atoms with E-state index < -0.39 is 23.4 Å². The standard InChI is InChI=1S/C19H15F3N2O3/c1-27-13-6-4-5-12(9-13)23-17(25)11-24-10-15(18(26)19(20,21)22)14-7-2-3-8-16(14)24/h2-10H,11H2,1H3,(H,23,25). The molecule has 0 spiro atoms. The Hall–Kier alpha value is -3.29. The summed E-state index contributed by atoms with van der Waals surface area (Å²) >= 11 is 0. The molecule has 0 saturated carbocycles. The van der Waals surface area contributed by atoms with Gasteiger partial charge in [0.1, 0.15) is 12.3 Å². The van der Waals surface area contributed by atoms with Gasteiger partial charge < -0.3 is 14.6 Å². The van der Waals surface area contributed by atoms with Gasteiger partial charge in [0.15, 0.2) is 0 Å². The van der Waals surface area contributed by atoms with Crippen molar-refractivity contribution in [3.05, 3.63) is 60.3 Å². The summed E-state index contributed by atoms with van der Waals surface area (Å²) in [5.41, 5.74) is 0.376. The lowest BCUT2D eigenvalue weighted by molar-refractivity contribution is -0.116. The number of Topliss-reactive ketones (excluding diaryl/α,β-unsaturated/α-hetero) is 1. The molecular formula is C19H15F3N2O3. The summed E-state index contributed by atoms with van der Waals surface area (Å²) in [7, 11) is 1.49. The van der Waals surface area contributed by atoms with Crippen molar-refractivity contribution < 1.29 is 27.5 Å². The van der Waals surface area contributed by atoms with Crippen molar-refractivity contribution in [1.82, 2.24) is 4.57 Å². The van der Waals surface area contributed by atoms with Crippen molar-refractivity contribution in [3.8, 4) is 5.75 Å². The van der Waals surface area contributed by atoms with E-state index in [-0.39, 0.29) is 11.9 Å². The van der Waals surface area contributed by atoms with Crippen LogP contribution in [0.15, 0.2) is 54.7 Å². The number of hydrogen-bond donors (Lipinski definition) is 1. The van der Waals surface area contributed by atoms with Crippen molar-refractivity contribution in [3.63, 3.8) is 0 Å². The molecule has 0 unspecified atom stereocenters. The van der Waals surface area contributed by atoms with Crippen molar-refractivity contribution >= 4 is 28.3 Å². The predicted octanol–water partition coefficient (Wildman–Crippen LogP) is 4.03. The third kappa shape index (κ3) is 3.94. The van der Waals surface area contributed by atoms with Gasteiger partial charge in [-0.25, -0.2) is 0 Å². The number of nitrogens with zero attached hydrogens (tertiary/aromatic N) is 1. The monoisotopic (exact) mass is 376 g/mol. The molecule has 0 atom stereocenters. The first-order valence-electron chi connectivity index (χ1n) is 7.93. The fourth-order valence-electron chi connectivity index (χ4n) is 2.77. The Labute approximate surface area is 152 Å². The van der Waals surface area contributed by atoms with Crippen LogP contribution in [-0.2, 0) is 11.3 Å². The van der Waals surface area contributed by atoms with Gasteiger partial charge in [0.05, 0.1) is 12.7 Å². The van der Waals surface area contributed by atoms with Crippen molar-refractivity contribution in [2.24, 2.45) is 0 Å². The van der Waals surface area contributed by atoms with Crippen LogP contribution in [0.2, 0.25) is 0 Å². The van der Waals surface area contributed by atoms with E-state index in [2.05, 4.69) is 5.32 Å². The number of fused-ring (bicyclic) bond motifs is 1. The Bertz CT molecular complexity index is 1010. The summed E-state index contributed by atoms with van der Waals surface area (Å²) in [6, 6.07) is 12.8. The van der Waals surface area contributed by atoms with Gasteiger partial charge >= 0.3 is 6.18 Å². The zero-order chi connectivity index (χ0) is 19.6. The van der Waals surface area contributed by atoms with E-state index in [0.29, 0.717) is 17.0 Å². The van der Waals surface area contributed by atoms with Gasteiger partial charge in [-0.1, -0.05) is 24.3 Å². The molecule has 5 nitrogen and oxygen atoms in total. The van der Waals surface area contributed by atoms with Crippen LogP contribution < -0.4 is 10.1 Å². The molecule has 140 valence electrons. The third-order valence-corrected chi connectivity index (χ3v) is 3.96. The number of hydrogen-bond acceptors (Lipinski definition) is 3. The van der Waals surface area contributed by atoms with Crippen molar-refractivity contribution in [1.29, 1.82) is 0 Å². The minimum atomic E-state index is -4.99. The molecule has 27 heavy (non-hydrogen) atoms. The van der Waals surface area contributed by atoms with Crippen molar-refractivity contribution in [2.75, 3.05) is 12.4 Å². The fourth-order valence-corrected chi connectivity index (χ4v) is 2.77. The van der Waals surface area contributed by atoms with Gasteiger partial charge in [-0.15, -0.1) is 0 Å². The van der Waals surface area contributed by atoms with Crippen LogP contribution in [0.25, 0.3) is 10.9 Å². The number of para-hydroxylation sites is 1. The fraction of sp³-hybridized carbons (Fsp3) is 0.158. The summed E-state index contributed by atoms with van der Waals surface area (Å²) in [5, 5.41) is 2.80. The largest absolute Gasteiger partial charge is 0.497 e. The van der Waals surface area contributed by atoms with E-state index in [1.807, 2.05) is 0 Å². The van der Waals surface area contributed by atoms with Crippen LogP contribution in [0.5, 0.6) is 5.75 Å². The summed E-state index contributed by atoms with van der Waals surface area (Å²) in [5.74, 6) is -1.84. The maximum absolute atomic E-state index is 12.8. The van der Waals surface area contributed by atoms with E-state index in [0.717, 1.165) is 6.20 Å². The Balaban J connectivity index is 1.88. The van der Waals surface area contributed by atoms with Gasteiger partial charge in [-0.2, -0.15) is 13.2 Å². The Kier molecular flexibility index (Phi) is 4.89. The highest BCUT2D eigenvalue weighted by Gasteiger charge is 2.40. The second kappa shape index (κ2) is 7.14. The van der Waals surface area contributed by atoms with E-state index >= 15 is 0 Å². The molecule has 0 radical (unpaired) electrons. The SMILES string of the molecule is COc1cccc(NC(=O)Cn2cc(C(=O)C(F)(F)F)c3ccccc32)c1. The van der Waals surface area contributed by atoms with Gasteiger partial charge in [0.25, 0.3) is 5.78 Å². The normalized spacial score (nSPS) is 11.4. The van der Waals surface area contributed by atoms with Crippen LogP contribution >= 0.6 is 0 Å². The zero-order valence-corrected chi connectivity index (χ0v) is 14.2. The number of ketones is 1. The molecule has 0 saturated heterocycles. The molecule has 0 fully saturated rings. The molecule has 3 aromatic rings. The molecule has 3 rings (SSSR count). The predicted molar refractivity (Wildman–Crippen MR) is 93.9 cm³/mol. The van der Waals surface area contributed by atoms with Gasteiger partial charge in [0, 0.05) is 28.9 Å². The molecule has 1 aromatic heterocycles. The number of rotatable bonds is 5. The third-order valence-electron chi connectivity index (χ3n) is 3.96. The Morgan fingerprint density at radius 1 is 1.11 bits per heavy atom. The molecule has 0 aliphatic rings. The number of ether oxygens (including phenoxy) is 1. The number of halogens is 3. The second-order valence-corrected chi connectivity index (χ2v) is 5.79. The van der Waals surface area contributed by atoms with Crippen molar-refractivity contribution in [2.45, 2.75) is 12.7 Å². The van der Waals surface area contributed by atoms with Crippen LogP contribution in [0.1, 0.15) is 10.4 Å². The smallest absolute Gasteiger partial charge is 0.454 e. The van der Waals surface area contributed by atoms with Gasteiger partial charge in [-0.05, 0) is 18.2 Å². The van der Waals surface area contributed by atoms with E-state index in [1.54, 1.807) is 36.4 Å². The lowest BCUT2D eigenvalue weighted by Crippen LogP contribution is -2.22. The molecule has 2 aromatic carbocycles. The van der Waals surface area contributed by atoms with Gasteiger partial charge in [0.2, 0.25) is 5.91 Å². The number of alkyl halides is 3. The lowest BCUT2D eigenvalue weighted by atomic mass is 10.1. The number of anilines is 1. The lowest BCUT2D eigenvalue weighted by Gasteiger charge is -2.08. The quantitative estimate of drug-likeness (QED) is 0.684. The van der Waals surface area contributed by atoms with Crippen LogP contribution in [-0.4, -0.2) is 29.5 Å². The number of methoxy groups -OCH3 is 1. The maximum Gasteiger partial charge on any atom is 0.454 e. The number of aromatic nitrogens is 1. The van der Waals surface area contributed by atoms with E-state index in [1.165, 1.54) is 23.8 Å². The van der Waals surface area contributed by atoms with Crippen LogP contribution in [0.3, 0.4) is 0 Å². The summed E-state index contributed by atoms with van der Waals surface area (Å²) in [6.45, 7) is -0.247. The first kappa shape index (κ1) is 18.5. The molecule has 0 aliphatic carbocycles. The number of nitrogens with one attached hydrogen (secondary N) is 1. The second-order valence-electron chi connectivity index (χ2n) is 5.79. The molecule has 1 amide bonds. The number of benzene rings is 2. The van der Waals surface area contributed by atoms with Crippen LogP contribution in [0.4, 0.5) is 18.9 Å². The molecule has 0 bridgehead atoms. The number of amides is 1. The van der Waals surface area contributed by atoms with Crippen LogP contribution in [0, 0.1) is 0 Å². The zero-order valence-electron chi connectivity index (χ0n) is 14.2. The topological polar surface area (TPSA) is 60.3 Å². The number of carbonyl (C=O) groups is 2. The average Bonchev–Trinajstić information content (AvgIpc) is 2.99. The molecular weight excluding hydrogens is 361 g/mol. The Morgan fingerprint density at radius 3 is 2.56 bits per heavy atom.